The number of rotatable bonds is 6. The van der Waals surface area contributed by atoms with Crippen LogP contribution in [0, 0.1) is 0 Å². The second-order valence-electron chi connectivity index (χ2n) is 9.82. The van der Waals surface area contributed by atoms with E-state index in [4.69, 9.17) is 0 Å². The zero-order chi connectivity index (χ0) is 26.6. The number of anilines is 4. The van der Waals surface area contributed by atoms with Crippen molar-refractivity contribution in [1.82, 2.24) is 0 Å². The second kappa shape index (κ2) is 11.3. The Hall–Kier alpha value is -3.80. The summed E-state index contributed by atoms with van der Waals surface area (Å²) in [6.07, 6.45) is 0. The summed E-state index contributed by atoms with van der Waals surface area (Å²) < 4.78 is 0. The maximum atomic E-state index is 13.3. The van der Waals surface area contributed by atoms with Crippen LogP contribution in [-0.2, 0) is 0 Å². The lowest BCUT2D eigenvalue weighted by Gasteiger charge is -2.28. The van der Waals surface area contributed by atoms with E-state index in [1.807, 2.05) is 60.7 Å². The van der Waals surface area contributed by atoms with Crippen molar-refractivity contribution in [2.24, 2.45) is 0 Å². The molecule has 0 saturated carbocycles. The van der Waals surface area contributed by atoms with Gasteiger partial charge in [-0.2, -0.15) is 0 Å². The van der Waals surface area contributed by atoms with E-state index in [1.165, 1.54) is 11.1 Å². The molecule has 0 fully saturated rings. The molecular formula is C30H38N4O2. The van der Waals surface area contributed by atoms with Crippen molar-refractivity contribution < 1.29 is 9.59 Å². The number of carbonyl (C=O) groups excluding carboxylic acids is 2. The maximum absolute atomic E-state index is 13.3. The monoisotopic (exact) mass is 486 g/mol. The molecule has 0 saturated heterocycles. The zero-order valence-electron chi connectivity index (χ0n) is 22.7. The second-order valence-corrected chi connectivity index (χ2v) is 9.82. The molecule has 36 heavy (non-hydrogen) atoms. The molecular weight excluding hydrogens is 448 g/mol. The Bertz CT molecular complexity index is 1130. The smallest absolute Gasteiger partial charge is 0.297 e. The topological polar surface area (TPSA) is 47.1 Å². The van der Waals surface area contributed by atoms with Gasteiger partial charge in [-0.05, 0) is 65.4 Å². The molecule has 0 aliphatic rings. The largest absolute Gasteiger partial charge is 0.328 e. The fraction of sp³-hybridized carbons (Fsp3) is 0.333. The van der Waals surface area contributed by atoms with E-state index in [0.29, 0.717) is 23.2 Å². The number of hydrogen-bond acceptors (Lipinski definition) is 2. The number of benzene rings is 3. The Morgan fingerprint density at radius 3 is 1.08 bits per heavy atom. The minimum Gasteiger partial charge on any atom is -0.297 e. The van der Waals surface area contributed by atoms with Crippen molar-refractivity contribution in [3.05, 3.63) is 83.9 Å². The summed E-state index contributed by atoms with van der Waals surface area (Å²) in [5, 5.41) is 0. The predicted molar refractivity (Wildman–Crippen MR) is 152 cm³/mol. The van der Waals surface area contributed by atoms with Crippen molar-refractivity contribution in [2.45, 2.75) is 39.5 Å². The Morgan fingerprint density at radius 1 is 0.500 bits per heavy atom. The molecule has 0 radical (unpaired) electrons. The van der Waals surface area contributed by atoms with Gasteiger partial charge in [0, 0.05) is 50.9 Å². The van der Waals surface area contributed by atoms with Gasteiger partial charge < -0.3 is 0 Å². The van der Waals surface area contributed by atoms with Gasteiger partial charge >= 0.3 is 12.1 Å². The molecule has 0 aromatic heterocycles. The molecule has 3 aromatic rings. The van der Waals surface area contributed by atoms with Gasteiger partial charge in [-0.1, -0.05) is 58.0 Å². The van der Waals surface area contributed by atoms with Gasteiger partial charge in [-0.15, -0.1) is 0 Å². The molecule has 0 aliphatic heterocycles. The first-order valence-electron chi connectivity index (χ1n) is 12.3. The molecule has 6 heteroatoms. The first kappa shape index (κ1) is 26.8. The average Bonchev–Trinajstić information content (AvgIpc) is 2.90. The highest BCUT2D eigenvalue weighted by atomic mass is 16.2. The lowest BCUT2D eigenvalue weighted by Crippen LogP contribution is -2.40. The van der Waals surface area contributed by atoms with Crippen molar-refractivity contribution in [2.75, 3.05) is 47.8 Å². The number of nitrogens with zero attached hydrogens (tertiary/aromatic N) is 4. The van der Waals surface area contributed by atoms with Gasteiger partial charge in [0.05, 0.1) is 0 Å². The molecule has 0 atom stereocenters. The molecule has 0 bridgehead atoms. The third-order valence-corrected chi connectivity index (χ3v) is 6.60. The standard InChI is InChI=1S/C30H38N4O2/c1-21(2)23-12-9-14-25(18-23)31(5)29(35)33(7)27-16-11-17-28(20-27)34(8)30(36)32(6)26-15-10-13-24(19-26)22(3)4/h9-22H,1-8H3. The summed E-state index contributed by atoms with van der Waals surface area (Å²) >= 11 is 0. The van der Waals surface area contributed by atoms with Gasteiger partial charge in [0.2, 0.25) is 0 Å². The lowest BCUT2D eigenvalue weighted by atomic mass is 10.0. The average molecular weight is 487 g/mol. The first-order valence-corrected chi connectivity index (χ1v) is 12.3. The van der Waals surface area contributed by atoms with Gasteiger partial charge in [-0.25, -0.2) is 9.59 Å². The minimum absolute atomic E-state index is 0.162. The number of hydrogen-bond donors (Lipinski definition) is 0. The summed E-state index contributed by atoms with van der Waals surface area (Å²) in [4.78, 5) is 33.0. The molecule has 0 spiro atoms. The van der Waals surface area contributed by atoms with Crippen LogP contribution in [0.5, 0.6) is 0 Å². The Kier molecular flexibility index (Phi) is 8.41. The van der Waals surface area contributed by atoms with Crippen LogP contribution in [0.15, 0.2) is 72.8 Å². The molecule has 0 aliphatic carbocycles. The molecule has 3 aromatic carbocycles. The highest BCUT2D eigenvalue weighted by Gasteiger charge is 2.21. The maximum Gasteiger partial charge on any atom is 0.328 e. The van der Waals surface area contributed by atoms with Crippen molar-refractivity contribution in [3.8, 4) is 0 Å². The number of amides is 4. The zero-order valence-corrected chi connectivity index (χ0v) is 22.7. The quantitative estimate of drug-likeness (QED) is 0.366. The Labute approximate surface area is 215 Å². The predicted octanol–water partition coefficient (Wildman–Crippen LogP) is 7.32. The fourth-order valence-corrected chi connectivity index (χ4v) is 3.99. The summed E-state index contributed by atoms with van der Waals surface area (Å²) in [5.74, 6) is 0.754. The Balaban J connectivity index is 1.79. The summed E-state index contributed by atoms with van der Waals surface area (Å²) in [7, 11) is 7.04. The van der Waals surface area contributed by atoms with Crippen LogP contribution in [0.25, 0.3) is 0 Å². The summed E-state index contributed by atoms with van der Waals surface area (Å²) in [5.41, 5.74) is 5.44. The van der Waals surface area contributed by atoms with Crippen LogP contribution in [0.1, 0.15) is 50.7 Å². The fourth-order valence-electron chi connectivity index (χ4n) is 3.99. The minimum atomic E-state index is -0.162. The third-order valence-electron chi connectivity index (χ3n) is 6.60. The van der Waals surface area contributed by atoms with Crippen LogP contribution in [-0.4, -0.2) is 40.3 Å². The van der Waals surface area contributed by atoms with Crippen LogP contribution in [0.2, 0.25) is 0 Å². The highest BCUT2D eigenvalue weighted by Crippen LogP contribution is 2.27. The molecule has 0 unspecified atom stereocenters. The van der Waals surface area contributed by atoms with E-state index in [0.717, 1.165) is 11.4 Å². The molecule has 4 amide bonds. The Morgan fingerprint density at radius 2 is 0.778 bits per heavy atom. The van der Waals surface area contributed by atoms with E-state index in [9.17, 15) is 9.59 Å². The molecule has 0 heterocycles. The van der Waals surface area contributed by atoms with E-state index in [1.54, 1.807) is 47.8 Å². The van der Waals surface area contributed by atoms with Gasteiger partial charge in [0.1, 0.15) is 0 Å². The summed E-state index contributed by atoms with van der Waals surface area (Å²) in [6, 6.07) is 23.2. The first-order chi connectivity index (χ1) is 17.0. The van der Waals surface area contributed by atoms with E-state index < -0.39 is 0 Å². The third kappa shape index (κ3) is 5.88. The molecule has 0 N–H and O–H groups in total. The van der Waals surface area contributed by atoms with E-state index >= 15 is 0 Å². The van der Waals surface area contributed by atoms with Crippen molar-refractivity contribution >= 4 is 34.8 Å². The molecule has 190 valence electrons. The van der Waals surface area contributed by atoms with Crippen LogP contribution < -0.4 is 19.6 Å². The SMILES string of the molecule is CC(C)c1cccc(N(C)C(=O)N(C)c2cccc(N(C)C(=O)N(C)c3cccc(C(C)C)c3)c2)c1. The van der Waals surface area contributed by atoms with E-state index in [2.05, 4.69) is 39.8 Å². The van der Waals surface area contributed by atoms with Gasteiger partial charge in [0.15, 0.2) is 0 Å². The van der Waals surface area contributed by atoms with E-state index in [-0.39, 0.29) is 12.1 Å². The molecule has 6 nitrogen and oxygen atoms in total. The molecule has 3 rings (SSSR count). The summed E-state index contributed by atoms with van der Waals surface area (Å²) in [6.45, 7) is 8.53. The van der Waals surface area contributed by atoms with Crippen LogP contribution >= 0.6 is 0 Å². The van der Waals surface area contributed by atoms with Crippen molar-refractivity contribution in [1.29, 1.82) is 0 Å². The highest BCUT2D eigenvalue weighted by molar-refractivity contribution is 6.05. The van der Waals surface area contributed by atoms with Crippen LogP contribution in [0.3, 0.4) is 0 Å². The van der Waals surface area contributed by atoms with Gasteiger partial charge in [-0.3, -0.25) is 19.6 Å². The normalized spacial score (nSPS) is 10.9. The van der Waals surface area contributed by atoms with Crippen molar-refractivity contribution in [3.63, 3.8) is 0 Å². The van der Waals surface area contributed by atoms with Crippen LogP contribution in [0.4, 0.5) is 32.3 Å². The number of urea groups is 2. The lowest BCUT2D eigenvalue weighted by molar-refractivity contribution is 0.253. The number of carbonyl (C=O) groups is 2. The van der Waals surface area contributed by atoms with Gasteiger partial charge in [0.25, 0.3) is 0 Å².